The molecular weight excluding hydrogens is 414 g/mol. The van der Waals surface area contributed by atoms with E-state index in [1.807, 2.05) is 25.6 Å². The molecule has 10 heteroatoms. The number of phosphoric ester groups is 1. The van der Waals surface area contributed by atoms with Crippen LogP contribution in [0.1, 0.15) is 34.1 Å². The Morgan fingerprint density at radius 3 is 2.39 bits per heavy atom. The zero-order valence-corrected chi connectivity index (χ0v) is 21.6. The average molecular weight is 454 g/mol. The van der Waals surface area contributed by atoms with Gasteiger partial charge in [0, 0.05) is 14.1 Å². The molecule has 1 aliphatic rings. The first-order chi connectivity index (χ1) is 12.8. The summed E-state index contributed by atoms with van der Waals surface area (Å²) in [6.45, 7) is 14.6. The summed E-state index contributed by atoms with van der Waals surface area (Å²) in [4.78, 5) is 9.81. The Kier molecular flexibility index (Phi) is 11.3. The van der Waals surface area contributed by atoms with Crippen LogP contribution in [0.15, 0.2) is 0 Å². The van der Waals surface area contributed by atoms with Crippen LogP contribution in [0.3, 0.4) is 0 Å². The Labute approximate surface area is 177 Å². The van der Waals surface area contributed by atoms with Gasteiger partial charge in [-0.2, -0.15) is 11.8 Å². The molecule has 0 aliphatic carbocycles. The van der Waals surface area contributed by atoms with Gasteiger partial charge >= 0.3 is 7.82 Å². The highest BCUT2D eigenvalue weighted by Crippen LogP contribution is 2.45. The van der Waals surface area contributed by atoms with Crippen LogP contribution < -0.4 is 0 Å². The van der Waals surface area contributed by atoms with Crippen molar-refractivity contribution in [2.45, 2.75) is 102 Å². The Hall–Kier alpha value is 0.662. The highest BCUT2D eigenvalue weighted by Gasteiger charge is 2.39. The topological polar surface area (TPSA) is 74.2 Å². The standard InChI is InChI=1S/C18H40BO6PSSi/c1-13(2)23-16-9-18(19-10-15(27-5)12-28(6,7)8)24-17(16)11-22-26(20,21)25-14(3)4/h13-19H,9-12H2,1-8H3,(H,20,21). The fraction of sp³-hybridized carbons (Fsp3) is 1.00. The summed E-state index contributed by atoms with van der Waals surface area (Å²) in [5, 5.41) is 0.659. The summed E-state index contributed by atoms with van der Waals surface area (Å²) in [6, 6.07) is 1.40. The quantitative estimate of drug-likeness (QED) is 0.327. The highest BCUT2D eigenvalue weighted by atomic mass is 32.2. The van der Waals surface area contributed by atoms with Crippen LogP contribution in [0.25, 0.3) is 0 Å². The zero-order chi connectivity index (χ0) is 21.5. The van der Waals surface area contributed by atoms with Gasteiger partial charge in [-0.05, 0) is 51.7 Å². The predicted octanol–water partition coefficient (Wildman–Crippen LogP) is 4.36. The van der Waals surface area contributed by atoms with Crippen LogP contribution in [0.2, 0.25) is 32.0 Å². The molecule has 0 aromatic heterocycles. The fourth-order valence-corrected chi connectivity index (χ4v) is 8.49. The summed E-state index contributed by atoms with van der Waals surface area (Å²) in [6.07, 6.45) is 3.30. The number of hydrogen-bond donors (Lipinski definition) is 1. The lowest BCUT2D eigenvalue weighted by Gasteiger charge is -2.24. The monoisotopic (exact) mass is 454 g/mol. The van der Waals surface area contributed by atoms with Crippen molar-refractivity contribution in [3.8, 4) is 0 Å². The lowest BCUT2D eigenvalue weighted by molar-refractivity contribution is -0.0590. The van der Waals surface area contributed by atoms with Gasteiger partial charge in [0.25, 0.3) is 0 Å². The second-order valence-electron chi connectivity index (χ2n) is 9.37. The molecule has 0 radical (unpaired) electrons. The third-order valence-corrected chi connectivity index (χ3v) is 8.70. The molecule has 1 N–H and O–H groups in total. The Morgan fingerprint density at radius 1 is 1.25 bits per heavy atom. The minimum absolute atomic E-state index is 0.00472. The first-order valence-electron chi connectivity index (χ1n) is 10.3. The van der Waals surface area contributed by atoms with Crippen LogP contribution in [0.4, 0.5) is 0 Å². The van der Waals surface area contributed by atoms with Crippen LogP contribution in [-0.2, 0) is 23.1 Å². The molecule has 0 aromatic rings. The molecule has 28 heavy (non-hydrogen) atoms. The maximum Gasteiger partial charge on any atom is 0.472 e. The van der Waals surface area contributed by atoms with Crippen molar-refractivity contribution in [1.82, 2.24) is 0 Å². The van der Waals surface area contributed by atoms with Gasteiger partial charge in [-0.25, -0.2) is 4.57 Å². The second-order valence-corrected chi connectivity index (χ2v) is 17.4. The molecule has 166 valence electrons. The third kappa shape index (κ3) is 11.2. The molecule has 1 rings (SSSR count). The summed E-state index contributed by atoms with van der Waals surface area (Å²) in [5.74, 6) is 0. The molecule has 1 fully saturated rings. The van der Waals surface area contributed by atoms with Gasteiger partial charge in [0.15, 0.2) is 7.28 Å². The van der Waals surface area contributed by atoms with E-state index in [1.54, 1.807) is 13.8 Å². The van der Waals surface area contributed by atoms with Gasteiger partial charge in [0.05, 0.1) is 24.9 Å². The molecule has 1 heterocycles. The molecule has 5 atom stereocenters. The summed E-state index contributed by atoms with van der Waals surface area (Å²) >= 11 is 1.95. The average Bonchev–Trinajstić information content (AvgIpc) is 2.88. The van der Waals surface area contributed by atoms with Gasteiger partial charge in [0.1, 0.15) is 6.10 Å². The Bertz CT molecular complexity index is 505. The van der Waals surface area contributed by atoms with E-state index in [-0.39, 0.29) is 37.0 Å². The SMILES string of the molecule is CSC(CBC1CC(OC(C)C)C(COP(=O)(O)OC(C)C)O1)C[Si](C)(C)C. The minimum Gasteiger partial charge on any atom is -0.378 e. The van der Waals surface area contributed by atoms with E-state index in [4.69, 9.17) is 18.5 Å². The number of phosphoric acid groups is 1. The van der Waals surface area contributed by atoms with Crippen molar-refractivity contribution in [3.05, 3.63) is 0 Å². The van der Waals surface area contributed by atoms with Crippen molar-refractivity contribution in [2.24, 2.45) is 0 Å². The van der Waals surface area contributed by atoms with Crippen molar-refractivity contribution in [1.29, 1.82) is 0 Å². The van der Waals surface area contributed by atoms with Gasteiger partial charge in [-0.1, -0.05) is 26.0 Å². The first kappa shape index (κ1) is 26.7. The normalized spacial score (nSPS) is 26.6. The van der Waals surface area contributed by atoms with Crippen LogP contribution in [0.5, 0.6) is 0 Å². The summed E-state index contributed by atoms with van der Waals surface area (Å²) in [5.41, 5.74) is 0. The van der Waals surface area contributed by atoms with Gasteiger partial charge in [0.2, 0.25) is 0 Å². The fourth-order valence-electron chi connectivity index (χ4n) is 3.45. The number of thioether (sulfide) groups is 1. The molecule has 6 nitrogen and oxygen atoms in total. The largest absolute Gasteiger partial charge is 0.472 e. The Balaban J connectivity index is 2.61. The molecule has 1 saturated heterocycles. The molecule has 1 aliphatic heterocycles. The number of rotatable bonds is 13. The van der Waals surface area contributed by atoms with E-state index in [2.05, 4.69) is 25.9 Å². The second kappa shape index (κ2) is 11.9. The summed E-state index contributed by atoms with van der Waals surface area (Å²) in [7, 11) is -4.19. The molecule has 0 aromatic carbocycles. The summed E-state index contributed by atoms with van der Waals surface area (Å²) < 4.78 is 34.3. The van der Waals surface area contributed by atoms with Gasteiger partial charge in [-0.3, -0.25) is 9.05 Å². The van der Waals surface area contributed by atoms with E-state index in [9.17, 15) is 9.46 Å². The molecule has 0 bridgehead atoms. The van der Waals surface area contributed by atoms with E-state index >= 15 is 0 Å². The van der Waals surface area contributed by atoms with Crippen molar-refractivity contribution >= 4 is 34.9 Å². The van der Waals surface area contributed by atoms with Crippen molar-refractivity contribution < 1.29 is 28.0 Å². The molecular formula is C18H40BO6PSSi. The Morgan fingerprint density at radius 2 is 1.89 bits per heavy atom. The van der Waals surface area contributed by atoms with Gasteiger partial charge in [-0.15, -0.1) is 0 Å². The molecule has 0 amide bonds. The van der Waals surface area contributed by atoms with Crippen molar-refractivity contribution in [3.63, 3.8) is 0 Å². The van der Waals surface area contributed by atoms with Crippen LogP contribution in [-0.4, -0.2) is 68.8 Å². The van der Waals surface area contributed by atoms with Crippen LogP contribution >= 0.6 is 19.6 Å². The van der Waals surface area contributed by atoms with Gasteiger partial charge < -0.3 is 14.4 Å². The lowest BCUT2D eigenvalue weighted by atomic mass is 9.66. The maximum atomic E-state index is 12.0. The lowest BCUT2D eigenvalue weighted by Crippen LogP contribution is -2.31. The molecule has 0 saturated carbocycles. The minimum atomic E-state index is -4.08. The zero-order valence-electron chi connectivity index (χ0n) is 18.8. The smallest absolute Gasteiger partial charge is 0.378 e. The highest BCUT2D eigenvalue weighted by molar-refractivity contribution is 7.99. The third-order valence-electron chi connectivity index (χ3n) is 4.45. The number of ether oxygens (including phenoxy) is 2. The molecule has 5 unspecified atom stereocenters. The van der Waals surface area contributed by atoms with E-state index in [0.29, 0.717) is 5.25 Å². The van der Waals surface area contributed by atoms with E-state index < -0.39 is 15.9 Å². The van der Waals surface area contributed by atoms with Crippen molar-refractivity contribution in [2.75, 3.05) is 12.9 Å². The predicted molar refractivity (Wildman–Crippen MR) is 123 cm³/mol. The van der Waals surface area contributed by atoms with Crippen LogP contribution in [0, 0.1) is 0 Å². The first-order valence-corrected chi connectivity index (χ1v) is 16.8. The maximum absolute atomic E-state index is 12.0. The van der Waals surface area contributed by atoms with E-state index in [1.165, 1.54) is 6.04 Å². The molecule has 0 spiro atoms. The number of hydrogen-bond acceptors (Lipinski definition) is 6. The van der Waals surface area contributed by atoms with E-state index in [0.717, 1.165) is 20.0 Å².